The second-order valence-electron chi connectivity index (χ2n) is 2.82. The first-order valence-electron chi connectivity index (χ1n) is 4.04. The molecule has 0 aliphatic carbocycles. The fraction of sp³-hybridized carbons (Fsp3) is 0.111. The van der Waals surface area contributed by atoms with Crippen LogP contribution < -0.4 is 5.73 Å². The third-order valence-electron chi connectivity index (χ3n) is 1.89. The first-order valence-corrected chi connectivity index (χ1v) is 4.42. The van der Waals surface area contributed by atoms with Crippen molar-refractivity contribution in [2.75, 3.05) is 0 Å². The van der Waals surface area contributed by atoms with Gasteiger partial charge < -0.3 is 10.3 Å². The number of nitrogens with zero attached hydrogens (tertiary/aromatic N) is 2. The highest BCUT2D eigenvalue weighted by Crippen LogP contribution is 2.18. The van der Waals surface area contributed by atoms with Crippen LogP contribution in [-0.4, -0.2) is 10.1 Å². The lowest BCUT2D eigenvalue weighted by Gasteiger charge is -2.06. The highest BCUT2D eigenvalue weighted by Gasteiger charge is 2.12. The van der Waals surface area contributed by atoms with Gasteiger partial charge in [-0.25, -0.2) is 0 Å². The van der Waals surface area contributed by atoms with Crippen molar-refractivity contribution in [1.82, 2.24) is 10.1 Å². The van der Waals surface area contributed by atoms with E-state index in [0.717, 1.165) is 5.56 Å². The van der Waals surface area contributed by atoms with Gasteiger partial charge in [-0.3, -0.25) is 0 Å². The van der Waals surface area contributed by atoms with Crippen LogP contribution in [0, 0.1) is 0 Å². The van der Waals surface area contributed by atoms with Crippen molar-refractivity contribution in [1.29, 1.82) is 0 Å². The number of benzene rings is 1. The van der Waals surface area contributed by atoms with Gasteiger partial charge in [0, 0.05) is 5.02 Å². The second kappa shape index (κ2) is 5.11. The average molecular weight is 246 g/mol. The largest absolute Gasteiger partial charge is 0.343 e. The van der Waals surface area contributed by atoms with E-state index in [0.29, 0.717) is 10.8 Å². The van der Waals surface area contributed by atoms with Crippen LogP contribution in [0.25, 0.3) is 0 Å². The highest BCUT2D eigenvalue weighted by molar-refractivity contribution is 6.30. The maximum Gasteiger partial charge on any atom is 0.213 e. The van der Waals surface area contributed by atoms with Gasteiger partial charge in [0.15, 0.2) is 5.82 Å². The van der Waals surface area contributed by atoms with Gasteiger partial charge in [-0.1, -0.05) is 28.9 Å². The third kappa shape index (κ3) is 2.68. The molecule has 0 spiro atoms. The fourth-order valence-corrected chi connectivity index (χ4v) is 1.26. The molecule has 0 radical (unpaired) electrons. The zero-order valence-electron chi connectivity index (χ0n) is 7.63. The predicted octanol–water partition coefficient (Wildman–Crippen LogP) is 2.19. The van der Waals surface area contributed by atoms with Crippen molar-refractivity contribution in [3.63, 3.8) is 0 Å². The van der Waals surface area contributed by atoms with Crippen LogP contribution in [0.15, 0.2) is 35.2 Å². The first kappa shape index (κ1) is 12.0. The zero-order valence-corrected chi connectivity index (χ0v) is 9.20. The molecule has 0 saturated heterocycles. The smallest absolute Gasteiger partial charge is 0.213 e. The second-order valence-corrected chi connectivity index (χ2v) is 3.26. The van der Waals surface area contributed by atoms with Crippen molar-refractivity contribution in [2.24, 2.45) is 5.73 Å². The summed E-state index contributed by atoms with van der Waals surface area (Å²) < 4.78 is 4.61. The standard InChI is InChI=1S/C9H8ClN3O.ClH/c10-7-3-1-6(2-4-7)8(11)9-12-5-14-13-9;/h1-5,8H,11H2;1H. The lowest BCUT2D eigenvalue weighted by atomic mass is 10.1. The van der Waals surface area contributed by atoms with E-state index in [9.17, 15) is 0 Å². The van der Waals surface area contributed by atoms with Gasteiger partial charge in [0.05, 0.1) is 6.04 Å². The molecule has 0 aliphatic heterocycles. The quantitative estimate of drug-likeness (QED) is 0.881. The van der Waals surface area contributed by atoms with Crippen molar-refractivity contribution >= 4 is 24.0 Å². The van der Waals surface area contributed by atoms with Gasteiger partial charge in [-0.05, 0) is 17.7 Å². The highest BCUT2D eigenvalue weighted by atomic mass is 35.5. The normalized spacial score (nSPS) is 11.9. The molecule has 1 heterocycles. The molecule has 15 heavy (non-hydrogen) atoms. The minimum Gasteiger partial charge on any atom is -0.343 e. The molecular formula is C9H9Cl2N3O. The Bertz CT molecular complexity index is 402. The molecule has 0 amide bonds. The van der Waals surface area contributed by atoms with Gasteiger partial charge in [0.1, 0.15) is 0 Å². The van der Waals surface area contributed by atoms with Crippen molar-refractivity contribution in [2.45, 2.75) is 6.04 Å². The van der Waals surface area contributed by atoms with Crippen LogP contribution in [0.4, 0.5) is 0 Å². The molecule has 1 unspecified atom stereocenters. The molecule has 2 N–H and O–H groups in total. The van der Waals surface area contributed by atoms with Gasteiger partial charge in [0.25, 0.3) is 0 Å². The van der Waals surface area contributed by atoms with Crippen LogP contribution >= 0.6 is 24.0 Å². The summed E-state index contributed by atoms with van der Waals surface area (Å²) in [5.74, 6) is 0.465. The summed E-state index contributed by atoms with van der Waals surface area (Å²) in [5.41, 5.74) is 6.78. The van der Waals surface area contributed by atoms with E-state index < -0.39 is 0 Å². The van der Waals surface area contributed by atoms with Crippen LogP contribution in [-0.2, 0) is 0 Å². The monoisotopic (exact) mass is 245 g/mol. The molecule has 0 bridgehead atoms. The van der Waals surface area contributed by atoms with E-state index in [1.54, 1.807) is 12.1 Å². The number of aromatic nitrogens is 2. The summed E-state index contributed by atoms with van der Waals surface area (Å²) >= 11 is 5.75. The maximum absolute atomic E-state index is 5.88. The minimum atomic E-state index is -0.369. The van der Waals surface area contributed by atoms with E-state index in [1.165, 1.54) is 6.39 Å². The molecule has 2 aromatic rings. The summed E-state index contributed by atoms with van der Waals surface area (Å²) in [6, 6.07) is 6.85. The molecule has 0 saturated carbocycles. The average Bonchev–Trinajstić information content (AvgIpc) is 2.71. The molecule has 6 heteroatoms. The molecule has 2 rings (SSSR count). The summed E-state index contributed by atoms with van der Waals surface area (Å²) in [7, 11) is 0. The molecule has 1 aromatic heterocycles. The van der Waals surface area contributed by atoms with Crippen LogP contribution in [0.5, 0.6) is 0 Å². The Morgan fingerprint density at radius 2 is 1.93 bits per heavy atom. The van der Waals surface area contributed by atoms with Crippen molar-refractivity contribution in [3.8, 4) is 0 Å². The molecule has 0 aliphatic rings. The lowest BCUT2D eigenvalue weighted by molar-refractivity contribution is 0.407. The van der Waals surface area contributed by atoms with Crippen LogP contribution in [0.3, 0.4) is 0 Å². The van der Waals surface area contributed by atoms with Gasteiger partial charge in [0.2, 0.25) is 6.39 Å². The molecule has 1 atom stereocenters. The molecular weight excluding hydrogens is 237 g/mol. The number of hydrogen-bond acceptors (Lipinski definition) is 4. The molecule has 0 fully saturated rings. The Hall–Kier alpha value is -1.10. The molecule has 4 nitrogen and oxygen atoms in total. The number of rotatable bonds is 2. The SMILES string of the molecule is Cl.NC(c1ccc(Cl)cc1)c1ncon1. The van der Waals surface area contributed by atoms with E-state index in [1.807, 2.05) is 12.1 Å². The predicted molar refractivity (Wildman–Crippen MR) is 59.0 cm³/mol. The Morgan fingerprint density at radius 3 is 2.47 bits per heavy atom. The van der Waals surface area contributed by atoms with E-state index >= 15 is 0 Å². The van der Waals surface area contributed by atoms with E-state index in [-0.39, 0.29) is 18.4 Å². The Balaban J connectivity index is 0.00000112. The van der Waals surface area contributed by atoms with Gasteiger partial charge in [-0.2, -0.15) is 4.98 Å². The molecule has 80 valence electrons. The first-order chi connectivity index (χ1) is 6.77. The van der Waals surface area contributed by atoms with E-state index in [2.05, 4.69) is 14.7 Å². The number of halogens is 2. The number of hydrogen-bond donors (Lipinski definition) is 1. The Labute approximate surface area is 97.8 Å². The van der Waals surface area contributed by atoms with E-state index in [4.69, 9.17) is 17.3 Å². The Morgan fingerprint density at radius 1 is 1.27 bits per heavy atom. The Kier molecular flexibility index (Phi) is 4.08. The molecule has 1 aromatic carbocycles. The lowest BCUT2D eigenvalue weighted by Crippen LogP contribution is -2.13. The van der Waals surface area contributed by atoms with Crippen molar-refractivity contribution < 1.29 is 4.52 Å². The zero-order chi connectivity index (χ0) is 9.97. The topological polar surface area (TPSA) is 64.9 Å². The fourth-order valence-electron chi connectivity index (χ4n) is 1.13. The van der Waals surface area contributed by atoms with Gasteiger partial charge >= 0.3 is 0 Å². The summed E-state index contributed by atoms with van der Waals surface area (Å²) in [6.07, 6.45) is 1.26. The van der Waals surface area contributed by atoms with Crippen LogP contribution in [0.1, 0.15) is 17.4 Å². The summed E-state index contributed by atoms with van der Waals surface area (Å²) in [6.45, 7) is 0. The number of nitrogens with two attached hydrogens (primary N) is 1. The third-order valence-corrected chi connectivity index (χ3v) is 2.14. The summed E-state index contributed by atoms with van der Waals surface area (Å²) in [4.78, 5) is 3.88. The maximum atomic E-state index is 5.88. The van der Waals surface area contributed by atoms with Crippen molar-refractivity contribution in [3.05, 3.63) is 47.1 Å². The van der Waals surface area contributed by atoms with Gasteiger partial charge in [-0.15, -0.1) is 12.4 Å². The van der Waals surface area contributed by atoms with Crippen LogP contribution in [0.2, 0.25) is 5.02 Å². The summed E-state index contributed by atoms with van der Waals surface area (Å²) in [5, 5.41) is 4.35. The minimum absolute atomic E-state index is 0.